The molecule has 0 amide bonds. The Morgan fingerprint density at radius 1 is 1.30 bits per heavy atom. The van der Waals surface area contributed by atoms with Gasteiger partial charge in [-0.05, 0) is 23.8 Å². The molecule has 2 aromatic rings. The lowest BCUT2D eigenvalue weighted by Gasteiger charge is -2.18. The summed E-state index contributed by atoms with van der Waals surface area (Å²) in [5.41, 5.74) is 3.38. The van der Waals surface area contributed by atoms with Crippen LogP contribution in [0.5, 0.6) is 0 Å². The molecule has 8 heteroatoms. The van der Waals surface area contributed by atoms with Crippen molar-refractivity contribution in [2.45, 2.75) is 11.6 Å². The molecule has 2 rings (SSSR count). The number of aromatic nitrogens is 2. The number of hydrogen-bond acceptors (Lipinski definition) is 6. The standard InChI is InChI=1S/C12H15N5O2S/c1-17(9-10-4-2-6-14-8-10)20(18,19)12-11(16-13)5-3-7-15-12/h2-8,16H,9,13H2,1H3. The van der Waals surface area contributed by atoms with Gasteiger partial charge in [-0.25, -0.2) is 13.4 Å². The molecular formula is C12H15N5O2S. The van der Waals surface area contributed by atoms with Crippen molar-refractivity contribution in [2.24, 2.45) is 5.84 Å². The van der Waals surface area contributed by atoms with Gasteiger partial charge >= 0.3 is 0 Å². The maximum absolute atomic E-state index is 12.5. The maximum atomic E-state index is 12.5. The molecular weight excluding hydrogens is 278 g/mol. The number of sulfonamides is 1. The molecule has 0 saturated heterocycles. The van der Waals surface area contributed by atoms with E-state index in [1.807, 2.05) is 0 Å². The average Bonchev–Trinajstić information content (AvgIpc) is 2.48. The summed E-state index contributed by atoms with van der Waals surface area (Å²) in [5, 5.41) is -0.103. The fourth-order valence-corrected chi connectivity index (χ4v) is 2.90. The monoisotopic (exact) mass is 293 g/mol. The van der Waals surface area contributed by atoms with Crippen LogP contribution in [0.3, 0.4) is 0 Å². The molecule has 2 aromatic heterocycles. The van der Waals surface area contributed by atoms with Gasteiger partial charge in [0.25, 0.3) is 10.0 Å². The molecule has 0 saturated carbocycles. The van der Waals surface area contributed by atoms with Crippen molar-refractivity contribution in [1.29, 1.82) is 0 Å². The number of hydrogen-bond donors (Lipinski definition) is 2. The normalized spacial score (nSPS) is 11.6. The Bertz CT molecular complexity index is 675. The lowest BCUT2D eigenvalue weighted by molar-refractivity contribution is 0.463. The second-order valence-electron chi connectivity index (χ2n) is 4.12. The molecule has 0 aliphatic carbocycles. The van der Waals surface area contributed by atoms with E-state index in [-0.39, 0.29) is 17.3 Å². The van der Waals surface area contributed by atoms with E-state index in [9.17, 15) is 8.42 Å². The van der Waals surface area contributed by atoms with Gasteiger partial charge in [0.05, 0.1) is 5.69 Å². The van der Waals surface area contributed by atoms with E-state index in [2.05, 4.69) is 15.4 Å². The van der Waals surface area contributed by atoms with Crippen LogP contribution in [0.25, 0.3) is 0 Å². The van der Waals surface area contributed by atoms with Crippen LogP contribution >= 0.6 is 0 Å². The van der Waals surface area contributed by atoms with Crippen molar-refractivity contribution in [3.8, 4) is 0 Å². The third-order valence-electron chi connectivity index (χ3n) is 2.71. The molecule has 106 valence electrons. The van der Waals surface area contributed by atoms with Gasteiger partial charge in [0.1, 0.15) is 0 Å². The van der Waals surface area contributed by atoms with Gasteiger partial charge in [-0.2, -0.15) is 4.31 Å². The Kier molecular flexibility index (Phi) is 4.28. The fraction of sp³-hybridized carbons (Fsp3) is 0.167. The number of anilines is 1. The van der Waals surface area contributed by atoms with E-state index in [1.165, 1.54) is 17.5 Å². The Labute approximate surface area is 117 Å². The highest BCUT2D eigenvalue weighted by molar-refractivity contribution is 7.89. The molecule has 0 spiro atoms. The summed E-state index contributed by atoms with van der Waals surface area (Å²) >= 11 is 0. The zero-order valence-corrected chi connectivity index (χ0v) is 11.7. The summed E-state index contributed by atoms with van der Waals surface area (Å²) in [6.45, 7) is 0.205. The van der Waals surface area contributed by atoms with Crippen LogP contribution in [0, 0.1) is 0 Å². The number of hydrazine groups is 1. The van der Waals surface area contributed by atoms with Gasteiger partial charge in [-0.15, -0.1) is 0 Å². The van der Waals surface area contributed by atoms with Crippen molar-refractivity contribution in [3.05, 3.63) is 48.4 Å². The van der Waals surface area contributed by atoms with Gasteiger partial charge in [-0.3, -0.25) is 10.8 Å². The topological polar surface area (TPSA) is 101 Å². The number of pyridine rings is 2. The largest absolute Gasteiger partial charge is 0.321 e. The van der Waals surface area contributed by atoms with Gasteiger partial charge in [-0.1, -0.05) is 6.07 Å². The minimum absolute atomic E-state index is 0.103. The number of nitrogens with one attached hydrogen (secondary N) is 1. The maximum Gasteiger partial charge on any atom is 0.262 e. The quantitative estimate of drug-likeness (QED) is 0.618. The molecule has 0 fully saturated rings. The third kappa shape index (κ3) is 2.93. The third-order valence-corrected chi connectivity index (χ3v) is 4.47. The van der Waals surface area contributed by atoms with E-state index >= 15 is 0 Å². The van der Waals surface area contributed by atoms with Gasteiger partial charge in [0.2, 0.25) is 0 Å². The fourth-order valence-electron chi connectivity index (χ4n) is 1.69. The van der Waals surface area contributed by atoms with Crippen molar-refractivity contribution < 1.29 is 8.42 Å². The SMILES string of the molecule is CN(Cc1cccnc1)S(=O)(=O)c1ncccc1NN. The Balaban J connectivity index is 2.30. The highest BCUT2D eigenvalue weighted by Crippen LogP contribution is 2.21. The molecule has 0 atom stereocenters. The number of nitrogen functional groups attached to an aromatic ring is 1. The van der Waals surface area contributed by atoms with Crippen LogP contribution in [0.4, 0.5) is 5.69 Å². The number of rotatable bonds is 5. The minimum atomic E-state index is -3.73. The minimum Gasteiger partial charge on any atom is -0.321 e. The first-order valence-electron chi connectivity index (χ1n) is 5.82. The average molecular weight is 293 g/mol. The highest BCUT2D eigenvalue weighted by Gasteiger charge is 2.25. The number of nitrogens with zero attached hydrogens (tertiary/aromatic N) is 3. The molecule has 0 aliphatic rings. The summed E-state index contributed by atoms with van der Waals surface area (Å²) in [6, 6.07) is 6.72. The van der Waals surface area contributed by atoms with Gasteiger partial charge in [0.15, 0.2) is 5.03 Å². The molecule has 2 heterocycles. The van der Waals surface area contributed by atoms with Crippen LogP contribution in [0.2, 0.25) is 0 Å². The second kappa shape index (κ2) is 5.95. The van der Waals surface area contributed by atoms with Gasteiger partial charge < -0.3 is 5.43 Å². The Morgan fingerprint density at radius 2 is 2.05 bits per heavy atom. The molecule has 0 aliphatic heterocycles. The molecule has 0 aromatic carbocycles. The molecule has 7 nitrogen and oxygen atoms in total. The first-order chi connectivity index (χ1) is 9.55. The van der Waals surface area contributed by atoms with Crippen molar-refractivity contribution in [2.75, 3.05) is 12.5 Å². The molecule has 0 radical (unpaired) electrons. The van der Waals surface area contributed by atoms with Gasteiger partial charge in [0, 0.05) is 32.2 Å². The lowest BCUT2D eigenvalue weighted by Crippen LogP contribution is -2.28. The zero-order valence-electron chi connectivity index (χ0n) is 10.9. The lowest BCUT2D eigenvalue weighted by atomic mass is 10.3. The first-order valence-corrected chi connectivity index (χ1v) is 7.26. The Hall–Kier alpha value is -2.03. The Morgan fingerprint density at radius 3 is 2.70 bits per heavy atom. The molecule has 3 N–H and O–H groups in total. The van der Waals surface area contributed by atoms with Crippen LogP contribution in [-0.4, -0.2) is 29.7 Å². The summed E-state index contributed by atoms with van der Waals surface area (Å²) in [7, 11) is -2.24. The molecule has 0 unspecified atom stereocenters. The van der Waals surface area contributed by atoms with Crippen molar-refractivity contribution in [1.82, 2.24) is 14.3 Å². The predicted octanol–water partition coefficient (Wildman–Crippen LogP) is 0.583. The zero-order chi connectivity index (χ0) is 14.6. The van der Waals surface area contributed by atoms with Crippen LogP contribution in [0.1, 0.15) is 5.56 Å². The summed E-state index contributed by atoms with van der Waals surface area (Å²) in [5.74, 6) is 5.32. The van der Waals surface area contributed by atoms with E-state index < -0.39 is 10.0 Å². The molecule has 0 bridgehead atoms. The first kappa shape index (κ1) is 14.4. The molecule has 20 heavy (non-hydrogen) atoms. The van der Waals surface area contributed by atoms with E-state index in [0.717, 1.165) is 5.56 Å². The van der Waals surface area contributed by atoms with Crippen molar-refractivity contribution in [3.63, 3.8) is 0 Å². The van der Waals surface area contributed by atoms with Crippen LogP contribution < -0.4 is 11.3 Å². The van der Waals surface area contributed by atoms with Crippen LogP contribution in [0.15, 0.2) is 47.9 Å². The smallest absolute Gasteiger partial charge is 0.262 e. The summed E-state index contributed by atoms with van der Waals surface area (Å²) in [6.07, 6.45) is 4.66. The summed E-state index contributed by atoms with van der Waals surface area (Å²) in [4.78, 5) is 7.85. The number of nitrogens with two attached hydrogens (primary N) is 1. The van der Waals surface area contributed by atoms with E-state index in [0.29, 0.717) is 0 Å². The second-order valence-corrected chi connectivity index (χ2v) is 6.08. The summed E-state index contributed by atoms with van der Waals surface area (Å²) < 4.78 is 26.1. The van der Waals surface area contributed by atoms with Crippen molar-refractivity contribution >= 4 is 15.7 Å². The van der Waals surface area contributed by atoms with Crippen LogP contribution in [-0.2, 0) is 16.6 Å². The van der Waals surface area contributed by atoms with E-state index in [1.54, 1.807) is 36.7 Å². The van der Waals surface area contributed by atoms with E-state index in [4.69, 9.17) is 5.84 Å². The highest BCUT2D eigenvalue weighted by atomic mass is 32.2. The predicted molar refractivity (Wildman–Crippen MR) is 74.9 cm³/mol.